The second-order valence-electron chi connectivity index (χ2n) is 8.95. The quantitative estimate of drug-likeness (QED) is 0.427. The third-order valence-corrected chi connectivity index (χ3v) is 6.55. The summed E-state index contributed by atoms with van der Waals surface area (Å²) in [4.78, 5) is 29.1. The lowest BCUT2D eigenvalue weighted by molar-refractivity contribution is -0.389. The third kappa shape index (κ3) is 5.17. The van der Waals surface area contributed by atoms with Crippen LogP contribution in [0.25, 0.3) is 11.1 Å². The monoisotopic (exact) mass is 479 g/mol. The van der Waals surface area contributed by atoms with Gasteiger partial charge in [0.1, 0.15) is 18.6 Å². The standard InChI is InChI=1S/C25H26FN5O4/c26-22-9-8-19(14-21(22)24(32)27-20-2-1-3-20)18-6-4-17(5-7-18)15-29-10-11-30-16-23(31(33)34)28-25(30)35-13-12-29/h4-9,14,16,20H,1-3,10-13,15H2,(H,27,32). The van der Waals surface area contributed by atoms with Gasteiger partial charge in [0.05, 0.1) is 5.56 Å². The van der Waals surface area contributed by atoms with Crippen molar-refractivity contribution in [3.63, 3.8) is 0 Å². The highest BCUT2D eigenvalue weighted by molar-refractivity contribution is 5.96. The van der Waals surface area contributed by atoms with E-state index in [0.29, 0.717) is 32.8 Å². The number of imidazole rings is 1. The first-order valence-electron chi connectivity index (χ1n) is 11.7. The van der Waals surface area contributed by atoms with Crippen molar-refractivity contribution in [3.8, 4) is 17.1 Å². The molecular weight excluding hydrogens is 453 g/mol. The summed E-state index contributed by atoms with van der Waals surface area (Å²) in [6.07, 6.45) is 4.39. The zero-order valence-electron chi connectivity index (χ0n) is 19.2. The van der Waals surface area contributed by atoms with Crippen molar-refractivity contribution in [1.82, 2.24) is 19.8 Å². The number of nitrogens with zero attached hydrogens (tertiary/aromatic N) is 4. The molecule has 0 radical (unpaired) electrons. The molecule has 2 aliphatic rings. The van der Waals surface area contributed by atoms with Crippen LogP contribution in [-0.2, 0) is 13.1 Å². The number of rotatable bonds is 6. The van der Waals surface area contributed by atoms with Crippen molar-refractivity contribution >= 4 is 11.7 Å². The number of aromatic nitrogens is 2. The number of nitrogens with one attached hydrogen (secondary N) is 1. The molecule has 1 aliphatic heterocycles. The van der Waals surface area contributed by atoms with Gasteiger partial charge in [0.25, 0.3) is 5.91 Å². The van der Waals surface area contributed by atoms with Gasteiger partial charge in [-0.05, 0) is 53.0 Å². The molecule has 1 aliphatic carbocycles. The maximum Gasteiger partial charge on any atom is 0.414 e. The molecule has 10 heteroatoms. The first kappa shape index (κ1) is 23.0. The van der Waals surface area contributed by atoms with Gasteiger partial charge < -0.3 is 20.2 Å². The topological polar surface area (TPSA) is 103 Å². The summed E-state index contributed by atoms with van der Waals surface area (Å²) in [6, 6.07) is 13.0. The van der Waals surface area contributed by atoms with Gasteiger partial charge in [0.2, 0.25) is 0 Å². The largest absolute Gasteiger partial charge is 0.444 e. The van der Waals surface area contributed by atoms with Gasteiger partial charge in [-0.3, -0.25) is 14.3 Å². The Hall–Kier alpha value is -3.79. The summed E-state index contributed by atoms with van der Waals surface area (Å²) in [5.41, 5.74) is 2.85. The molecule has 1 amide bonds. The number of amides is 1. The van der Waals surface area contributed by atoms with Crippen LogP contribution in [0.1, 0.15) is 35.2 Å². The fraction of sp³-hybridized carbons (Fsp3) is 0.360. The van der Waals surface area contributed by atoms with Crippen LogP contribution in [0, 0.1) is 15.9 Å². The van der Waals surface area contributed by atoms with Gasteiger partial charge in [0.15, 0.2) is 0 Å². The van der Waals surface area contributed by atoms with Crippen molar-refractivity contribution in [2.24, 2.45) is 0 Å². The van der Waals surface area contributed by atoms with Crippen LogP contribution in [-0.4, -0.2) is 51.0 Å². The predicted octanol–water partition coefficient (Wildman–Crippen LogP) is 3.77. The summed E-state index contributed by atoms with van der Waals surface area (Å²) in [5.74, 6) is -1.10. The van der Waals surface area contributed by atoms with Gasteiger partial charge in [0, 0.05) is 37.2 Å². The molecule has 2 heterocycles. The molecule has 0 bridgehead atoms. The fourth-order valence-corrected chi connectivity index (χ4v) is 4.29. The Labute approximate surface area is 201 Å². The Balaban J connectivity index is 1.24. The fourth-order valence-electron chi connectivity index (χ4n) is 4.29. The normalized spacial score (nSPS) is 16.4. The lowest BCUT2D eigenvalue weighted by Gasteiger charge is -2.26. The first-order valence-corrected chi connectivity index (χ1v) is 11.7. The number of fused-ring (bicyclic) bond motifs is 1. The highest BCUT2D eigenvalue weighted by Gasteiger charge is 2.24. The van der Waals surface area contributed by atoms with E-state index >= 15 is 0 Å². The highest BCUT2D eigenvalue weighted by Crippen LogP contribution is 2.25. The summed E-state index contributed by atoms with van der Waals surface area (Å²) >= 11 is 0. The molecule has 5 rings (SSSR count). The van der Waals surface area contributed by atoms with E-state index in [9.17, 15) is 19.3 Å². The third-order valence-electron chi connectivity index (χ3n) is 6.55. The van der Waals surface area contributed by atoms with E-state index in [1.807, 2.05) is 24.3 Å². The van der Waals surface area contributed by atoms with Crippen molar-refractivity contribution in [1.29, 1.82) is 0 Å². The van der Waals surface area contributed by atoms with Crippen LogP contribution in [0.2, 0.25) is 0 Å². The molecule has 0 saturated heterocycles. The van der Waals surface area contributed by atoms with E-state index in [2.05, 4.69) is 15.2 Å². The zero-order chi connectivity index (χ0) is 24.4. The molecule has 0 spiro atoms. The Bertz CT molecular complexity index is 1240. The van der Waals surface area contributed by atoms with E-state index in [1.54, 1.807) is 16.7 Å². The zero-order valence-corrected chi connectivity index (χ0v) is 19.2. The number of carbonyl (C=O) groups excluding carboxylic acids is 1. The number of carbonyl (C=O) groups is 1. The molecule has 3 aromatic rings. The van der Waals surface area contributed by atoms with Gasteiger partial charge in [-0.1, -0.05) is 30.3 Å². The molecule has 9 nitrogen and oxygen atoms in total. The molecule has 1 N–H and O–H groups in total. The lowest BCUT2D eigenvalue weighted by atomic mass is 9.92. The molecular formula is C25H26FN5O4. The van der Waals surface area contributed by atoms with E-state index in [0.717, 1.165) is 36.0 Å². The van der Waals surface area contributed by atoms with Crippen molar-refractivity contribution < 1.29 is 18.8 Å². The molecule has 0 atom stereocenters. The number of benzene rings is 2. The number of nitro groups is 1. The van der Waals surface area contributed by atoms with Gasteiger partial charge in [-0.25, -0.2) is 4.39 Å². The summed E-state index contributed by atoms with van der Waals surface area (Å²) in [7, 11) is 0. The minimum absolute atomic E-state index is 0.0678. The van der Waals surface area contributed by atoms with Crippen LogP contribution in [0.15, 0.2) is 48.7 Å². The predicted molar refractivity (Wildman–Crippen MR) is 127 cm³/mol. The maximum atomic E-state index is 14.3. The van der Waals surface area contributed by atoms with Crippen LogP contribution < -0.4 is 10.1 Å². The second-order valence-corrected chi connectivity index (χ2v) is 8.95. The maximum absolute atomic E-state index is 14.3. The van der Waals surface area contributed by atoms with Crippen LogP contribution in [0.5, 0.6) is 6.01 Å². The van der Waals surface area contributed by atoms with Gasteiger partial charge in [-0.2, -0.15) is 0 Å². The SMILES string of the molecule is O=C(NC1CCC1)c1cc(-c2ccc(CN3CCOc4nc([N+](=O)[O-])cn4CC3)cc2)ccc1F. The van der Waals surface area contributed by atoms with Crippen molar-refractivity contribution in [2.75, 3.05) is 19.7 Å². The first-order chi connectivity index (χ1) is 17.0. The van der Waals surface area contributed by atoms with Gasteiger partial charge >= 0.3 is 11.8 Å². The molecule has 2 aromatic carbocycles. The average molecular weight is 480 g/mol. The Morgan fingerprint density at radius 2 is 1.91 bits per heavy atom. The lowest BCUT2D eigenvalue weighted by Crippen LogP contribution is -2.39. The van der Waals surface area contributed by atoms with Crippen molar-refractivity contribution in [3.05, 3.63) is 75.7 Å². The number of hydrogen-bond acceptors (Lipinski definition) is 6. The molecule has 0 unspecified atom stereocenters. The average Bonchev–Trinajstić information content (AvgIpc) is 3.21. The minimum Gasteiger partial charge on any atom is -0.444 e. The number of ether oxygens (including phenoxy) is 1. The van der Waals surface area contributed by atoms with E-state index < -0.39 is 10.7 Å². The Morgan fingerprint density at radius 3 is 2.63 bits per heavy atom. The summed E-state index contributed by atoms with van der Waals surface area (Å²) in [5, 5.41) is 13.9. The number of hydrogen-bond donors (Lipinski definition) is 1. The minimum atomic E-state index is -0.522. The second kappa shape index (κ2) is 9.83. The van der Waals surface area contributed by atoms with E-state index in [4.69, 9.17) is 4.74 Å². The molecule has 1 aromatic heterocycles. The van der Waals surface area contributed by atoms with Crippen molar-refractivity contribution in [2.45, 2.75) is 38.4 Å². The summed E-state index contributed by atoms with van der Waals surface area (Å²) < 4.78 is 21.6. The molecule has 35 heavy (non-hydrogen) atoms. The molecule has 1 fully saturated rings. The van der Waals surface area contributed by atoms with Crippen LogP contribution >= 0.6 is 0 Å². The van der Waals surface area contributed by atoms with Crippen LogP contribution in [0.3, 0.4) is 0 Å². The smallest absolute Gasteiger partial charge is 0.414 e. The van der Waals surface area contributed by atoms with Crippen LogP contribution in [0.4, 0.5) is 10.2 Å². The number of halogens is 1. The Morgan fingerprint density at radius 1 is 1.14 bits per heavy atom. The van der Waals surface area contributed by atoms with Gasteiger partial charge in [-0.15, -0.1) is 0 Å². The molecule has 182 valence electrons. The molecule has 1 saturated carbocycles. The van der Waals surface area contributed by atoms with E-state index in [1.165, 1.54) is 12.3 Å². The summed E-state index contributed by atoms with van der Waals surface area (Å²) in [6.45, 7) is 2.97. The Kier molecular flexibility index (Phi) is 6.45. The van der Waals surface area contributed by atoms with E-state index in [-0.39, 0.29) is 29.3 Å². The highest BCUT2D eigenvalue weighted by atomic mass is 19.1.